The lowest BCUT2D eigenvalue weighted by Crippen LogP contribution is -2.46. The van der Waals surface area contributed by atoms with E-state index in [1.54, 1.807) is 4.68 Å². The predicted molar refractivity (Wildman–Crippen MR) is 71.4 cm³/mol. The SMILES string of the molecule is CCC1CCNC(C(=O)Nc2cn(C)nc2C)C1. The van der Waals surface area contributed by atoms with Crippen LogP contribution in [0.4, 0.5) is 5.69 Å². The quantitative estimate of drug-likeness (QED) is 0.853. The highest BCUT2D eigenvalue weighted by molar-refractivity contribution is 5.95. The van der Waals surface area contributed by atoms with Crippen molar-refractivity contribution in [2.75, 3.05) is 11.9 Å². The van der Waals surface area contributed by atoms with Crippen molar-refractivity contribution < 1.29 is 4.79 Å². The standard InChI is InChI=1S/C13H22N4O/c1-4-10-5-6-14-11(7-10)13(18)15-12-8-17(3)16-9(12)2/h8,10-11,14H,4-7H2,1-3H3,(H,15,18). The third-order valence-electron chi connectivity index (χ3n) is 3.68. The van der Waals surface area contributed by atoms with E-state index >= 15 is 0 Å². The molecule has 5 nitrogen and oxygen atoms in total. The summed E-state index contributed by atoms with van der Waals surface area (Å²) in [6.45, 7) is 5.03. The number of piperidine rings is 1. The minimum Gasteiger partial charge on any atom is -0.322 e. The first-order valence-corrected chi connectivity index (χ1v) is 6.64. The molecule has 2 rings (SSSR count). The number of hydrogen-bond donors (Lipinski definition) is 2. The molecule has 0 aromatic carbocycles. The van der Waals surface area contributed by atoms with Gasteiger partial charge in [0.2, 0.25) is 5.91 Å². The van der Waals surface area contributed by atoms with E-state index < -0.39 is 0 Å². The summed E-state index contributed by atoms with van der Waals surface area (Å²) < 4.78 is 1.72. The highest BCUT2D eigenvalue weighted by Crippen LogP contribution is 2.20. The molecule has 1 aromatic rings. The van der Waals surface area contributed by atoms with E-state index in [9.17, 15) is 4.79 Å². The van der Waals surface area contributed by atoms with Crippen LogP contribution >= 0.6 is 0 Å². The summed E-state index contributed by atoms with van der Waals surface area (Å²) in [5.41, 5.74) is 1.66. The van der Waals surface area contributed by atoms with Gasteiger partial charge >= 0.3 is 0 Å². The van der Waals surface area contributed by atoms with Crippen LogP contribution in [0.25, 0.3) is 0 Å². The predicted octanol–water partition coefficient (Wildman–Crippen LogP) is 1.45. The Hall–Kier alpha value is -1.36. The highest BCUT2D eigenvalue weighted by atomic mass is 16.2. The van der Waals surface area contributed by atoms with Crippen molar-refractivity contribution >= 4 is 11.6 Å². The van der Waals surface area contributed by atoms with Gasteiger partial charge in [-0.2, -0.15) is 5.10 Å². The van der Waals surface area contributed by atoms with E-state index in [4.69, 9.17) is 0 Å². The van der Waals surface area contributed by atoms with Gasteiger partial charge in [0, 0.05) is 13.2 Å². The van der Waals surface area contributed by atoms with E-state index in [2.05, 4.69) is 22.7 Å². The Morgan fingerprint density at radius 1 is 1.67 bits per heavy atom. The van der Waals surface area contributed by atoms with Crippen LogP contribution in [0.3, 0.4) is 0 Å². The second-order valence-corrected chi connectivity index (χ2v) is 5.10. The lowest BCUT2D eigenvalue weighted by atomic mass is 9.90. The molecule has 2 atom stereocenters. The second kappa shape index (κ2) is 5.52. The zero-order valence-electron chi connectivity index (χ0n) is 11.4. The summed E-state index contributed by atoms with van der Waals surface area (Å²) >= 11 is 0. The van der Waals surface area contributed by atoms with Crippen molar-refractivity contribution in [2.45, 2.75) is 39.2 Å². The molecule has 0 aliphatic carbocycles. The monoisotopic (exact) mass is 250 g/mol. The number of carbonyl (C=O) groups excluding carboxylic acids is 1. The number of nitrogens with one attached hydrogen (secondary N) is 2. The lowest BCUT2D eigenvalue weighted by molar-refractivity contribution is -0.119. The van der Waals surface area contributed by atoms with E-state index in [0.29, 0.717) is 5.92 Å². The summed E-state index contributed by atoms with van der Waals surface area (Å²) in [5, 5.41) is 10.5. The summed E-state index contributed by atoms with van der Waals surface area (Å²) in [5.74, 6) is 0.723. The number of anilines is 1. The molecular weight excluding hydrogens is 228 g/mol. The van der Waals surface area contributed by atoms with Gasteiger partial charge in [-0.3, -0.25) is 9.48 Å². The number of rotatable bonds is 3. The second-order valence-electron chi connectivity index (χ2n) is 5.10. The van der Waals surface area contributed by atoms with E-state index in [1.807, 2.05) is 20.2 Å². The molecular formula is C13H22N4O. The minimum atomic E-state index is -0.0664. The van der Waals surface area contributed by atoms with Gasteiger partial charge in [-0.25, -0.2) is 0 Å². The van der Waals surface area contributed by atoms with Crippen LogP contribution in [0, 0.1) is 12.8 Å². The van der Waals surface area contributed by atoms with Crippen LogP contribution in [0.2, 0.25) is 0 Å². The number of carbonyl (C=O) groups is 1. The van der Waals surface area contributed by atoms with Crippen LogP contribution < -0.4 is 10.6 Å². The molecule has 5 heteroatoms. The highest BCUT2D eigenvalue weighted by Gasteiger charge is 2.26. The third kappa shape index (κ3) is 2.90. The molecule has 1 aliphatic heterocycles. The maximum atomic E-state index is 12.2. The number of aromatic nitrogens is 2. The van der Waals surface area contributed by atoms with Crippen LogP contribution in [-0.2, 0) is 11.8 Å². The van der Waals surface area contributed by atoms with Gasteiger partial charge in [0.05, 0.1) is 17.4 Å². The van der Waals surface area contributed by atoms with Gasteiger partial charge in [0.25, 0.3) is 0 Å². The molecule has 1 aliphatic rings. The number of amides is 1. The molecule has 2 unspecified atom stereocenters. The molecule has 0 radical (unpaired) electrons. The van der Waals surface area contributed by atoms with Crippen molar-refractivity contribution in [1.29, 1.82) is 0 Å². The Kier molecular flexibility index (Phi) is 4.01. The van der Waals surface area contributed by atoms with Crippen molar-refractivity contribution in [3.63, 3.8) is 0 Å². The first-order chi connectivity index (χ1) is 8.60. The fraction of sp³-hybridized carbons (Fsp3) is 0.692. The number of aryl methyl sites for hydroxylation is 2. The maximum Gasteiger partial charge on any atom is 0.241 e. The summed E-state index contributed by atoms with van der Waals surface area (Å²) in [7, 11) is 1.86. The van der Waals surface area contributed by atoms with Gasteiger partial charge in [0.15, 0.2) is 0 Å². The van der Waals surface area contributed by atoms with Crippen molar-refractivity contribution in [3.05, 3.63) is 11.9 Å². The van der Waals surface area contributed by atoms with Crippen LogP contribution in [-0.4, -0.2) is 28.3 Å². The third-order valence-corrected chi connectivity index (χ3v) is 3.68. The van der Waals surface area contributed by atoms with Gasteiger partial charge in [-0.1, -0.05) is 13.3 Å². The fourth-order valence-corrected chi connectivity index (χ4v) is 2.51. The normalized spacial score (nSPS) is 23.9. The molecule has 0 spiro atoms. The maximum absolute atomic E-state index is 12.2. The molecule has 0 bridgehead atoms. The topological polar surface area (TPSA) is 59.0 Å². The Morgan fingerprint density at radius 2 is 2.44 bits per heavy atom. The first-order valence-electron chi connectivity index (χ1n) is 6.64. The largest absolute Gasteiger partial charge is 0.322 e. The zero-order chi connectivity index (χ0) is 13.1. The number of hydrogen-bond acceptors (Lipinski definition) is 3. The summed E-state index contributed by atoms with van der Waals surface area (Å²) in [6.07, 6.45) is 5.10. The number of nitrogens with zero attached hydrogens (tertiary/aromatic N) is 2. The van der Waals surface area contributed by atoms with Crippen molar-refractivity contribution in [2.24, 2.45) is 13.0 Å². The van der Waals surface area contributed by atoms with Crippen LogP contribution in [0.15, 0.2) is 6.20 Å². The molecule has 0 saturated carbocycles. The lowest BCUT2D eigenvalue weighted by Gasteiger charge is -2.28. The smallest absolute Gasteiger partial charge is 0.241 e. The van der Waals surface area contributed by atoms with Crippen molar-refractivity contribution in [3.8, 4) is 0 Å². The Balaban J connectivity index is 1.97. The van der Waals surface area contributed by atoms with Crippen molar-refractivity contribution in [1.82, 2.24) is 15.1 Å². The minimum absolute atomic E-state index is 0.0595. The average molecular weight is 250 g/mol. The van der Waals surface area contributed by atoms with Gasteiger partial charge < -0.3 is 10.6 Å². The molecule has 1 fully saturated rings. The van der Waals surface area contributed by atoms with E-state index in [1.165, 1.54) is 6.42 Å². The molecule has 100 valence electrons. The van der Waals surface area contributed by atoms with E-state index in [0.717, 1.165) is 30.8 Å². The molecule has 1 saturated heterocycles. The van der Waals surface area contributed by atoms with Gasteiger partial charge in [0.1, 0.15) is 0 Å². The average Bonchev–Trinajstić information content (AvgIpc) is 2.68. The van der Waals surface area contributed by atoms with Gasteiger partial charge in [-0.15, -0.1) is 0 Å². The van der Waals surface area contributed by atoms with Crippen LogP contribution in [0.1, 0.15) is 31.9 Å². The fourth-order valence-electron chi connectivity index (χ4n) is 2.51. The summed E-state index contributed by atoms with van der Waals surface area (Å²) in [4.78, 5) is 12.2. The molecule has 1 aromatic heterocycles. The van der Waals surface area contributed by atoms with E-state index in [-0.39, 0.29) is 11.9 Å². The van der Waals surface area contributed by atoms with Crippen LogP contribution in [0.5, 0.6) is 0 Å². The zero-order valence-corrected chi connectivity index (χ0v) is 11.4. The molecule has 2 N–H and O–H groups in total. The first kappa shape index (κ1) is 13.1. The van der Waals surface area contributed by atoms with Gasteiger partial charge in [-0.05, 0) is 32.2 Å². The molecule has 18 heavy (non-hydrogen) atoms. The molecule has 1 amide bonds. The molecule has 2 heterocycles. The summed E-state index contributed by atoms with van der Waals surface area (Å²) in [6, 6.07) is -0.0664. The Bertz CT molecular complexity index is 427. The Labute approximate surface area is 108 Å². The Morgan fingerprint density at radius 3 is 3.06 bits per heavy atom.